The lowest BCUT2D eigenvalue weighted by Crippen LogP contribution is -2.33. The molecule has 24 heavy (non-hydrogen) atoms. The molecule has 0 bridgehead atoms. The predicted octanol–water partition coefficient (Wildman–Crippen LogP) is 3.62. The number of oxazole rings is 1. The third-order valence-electron chi connectivity index (χ3n) is 4.03. The first-order valence-electron chi connectivity index (χ1n) is 8.66. The number of unbranched alkanes of at least 4 members (excludes halogenated alkanes) is 1. The second-order valence-corrected chi connectivity index (χ2v) is 6.22. The maximum Gasteiger partial charge on any atom is 0.273 e. The molecule has 0 aliphatic heterocycles. The normalized spacial score (nSPS) is 13.5. The van der Waals surface area contributed by atoms with E-state index in [4.69, 9.17) is 10.2 Å². The fourth-order valence-corrected chi connectivity index (χ4v) is 2.51. The van der Waals surface area contributed by atoms with Crippen LogP contribution in [0.25, 0.3) is 0 Å². The zero-order valence-electron chi connectivity index (χ0n) is 14.5. The number of amides is 1. The second kappa shape index (κ2) is 9.23. The molecule has 1 heterocycles. The number of aromatic nitrogens is 1. The molecule has 2 atom stereocenters. The van der Waals surface area contributed by atoms with Crippen molar-refractivity contribution in [2.24, 2.45) is 5.73 Å². The average Bonchev–Trinajstić information content (AvgIpc) is 3.09. The summed E-state index contributed by atoms with van der Waals surface area (Å²) < 4.78 is 5.36. The van der Waals surface area contributed by atoms with Crippen molar-refractivity contribution in [1.82, 2.24) is 10.3 Å². The Hall–Kier alpha value is -2.14. The molecule has 5 nitrogen and oxygen atoms in total. The first-order chi connectivity index (χ1) is 11.6. The number of carbonyl (C=O) groups is 1. The van der Waals surface area contributed by atoms with Gasteiger partial charge in [0.15, 0.2) is 5.69 Å². The standard InChI is InChI=1S/C19H27N3O2/c1-3-4-10-16(20)19-22-17(13-24-19)18(23)21-14(2)11-12-15-8-6-5-7-9-15/h5-9,13-14,16H,3-4,10-12,20H2,1-2H3,(H,21,23). The van der Waals surface area contributed by atoms with E-state index in [0.717, 1.165) is 32.1 Å². The van der Waals surface area contributed by atoms with Crippen molar-refractivity contribution >= 4 is 5.91 Å². The van der Waals surface area contributed by atoms with Crippen LogP contribution >= 0.6 is 0 Å². The molecule has 0 saturated heterocycles. The minimum absolute atomic E-state index is 0.0617. The fraction of sp³-hybridized carbons (Fsp3) is 0.474. The summed E-state index contributed by atoms with van der Waals surface area (Å²) in [4.78, 5) is 16.5. The molecule has 1 amide bonds. The summed E-state index contributed by atoms with van der Waals surface area (Å²) in [6.07, 6.45) is 6.08. The lowest BCUT2D eigenvalue weighted by molar-refractivity contribution is 0.0933. The van der Waals surface area contributed by atoms with Gasteiger partial charge in [-0.2, -0.15) is 0 Å². The summed E-state index contributed by atoms with van der Waals surface area (Å²) in [5.41, 5.74) is 7.58. The molecule has 2 aromatic rings. The van der Waals surface area contributed by atoms with Gasteiger partial charge in [0.05, 0.1) is 6.04 Å². The number of nitrogens with zero attached hydrogens (tertiary/aromatic N) is 1. The van der Waals surface area contributed by atoms with Gasteiger partial charge in [-0.25, -0.2) is 4.98 Å². The van der Waals surface area contributed by atoms with E-state index >= 15 is 0 Å². The Morgan fingerprint density at radius 3 is 2.75 bits per heavy atom. The summed E-state index contributed by atoms with van der Waals surface area (Å²) >= 11 is 0. The zero-order chi connectivity index (χ0) is 17.4. The van der Waals surface area contributed by atoms with E-state index in [2.05, 4.69) is 29.4 Å². The number of hydrogen-bond donors (Lipinski definition) is 2. The number of hydrogen-bond acceptors (Lipinski definition) is 4. The van der Waals surface area contributed by atoms with Crippen LogP contribution in [0.4, 0.5) is 0 Å². The smallest absolute Gasteiger partial charge is 0.273 e. The van der Waals surface area contributed by atoms with Crippen molar-refractivity contribution in [2.45, 2.75) is 58.0 Å². The minimum Gasteiger partial charge on any atom is -0.446 e. The van der Waals surface area contributed by atoms with Crippen LogP contribution in [0.5, 0.6) is 0 Å². The summed E-state index contributed by atoms with van der Waals surface area (Å²) in [5, 5.41) is 2.96. The highest BCUT2D eigenvalue weighted by atomic mass is 16.3. The van der Waals surface area contributed by atoms with Gasteiger partial charge in [0, 0.05) is 6.04 Å². The van der Waals surface area contributed by atoms with Gasteiger partial charge in [0.1, 0.15) is 6.26 Å². The van der Waals surface area contributed by atoms with Gasteiger partial charge >= 0.3 is 0 Å². The van der Waals surface area contributed by atoms with E-state index in [-0.39, 0.29) is 18.0 Å². The number of benzene rings is 1. The SMILES string of the molecule is CCCCC(N)c1nc(C(=O)NC(C)CCc2ccccc2)co1. The lowest BCUT2D eigenvalue weighted by Gasteiger charge is -2.12. The molecule has 1 aromatic heterocycles. The number of nitrogens with one attached hydrogen (secondary N) is 1. The third-order valence-corrected chi connectivity index (χ3v) is 4.03. The van der Waals surface area contributed by atoms with Crippen LogP contribution in [0.15, 0.2) is 41.0 Å². The number of rotatable bonds is 9. The molecule has 1 aromatic carbocycles. The summed E-state index contributed by atoms with van der Waals surface area (Å²) in [6, 6.07) is 10.1. The van der Waals surface area contributed by atoms with Crippen LogP contribution in [-0.2, 0) is 6.42 Å². The largest absolute Gasteiger partial charge is 0.446 e. The predicted molar refractivity (Wildman–Crippen MR) is 94.6 cm³/mol. The third kappa shape index (κ3) is 5.49. The van der Waals surface area contributed by atoms with Crippen molar-refractivity contribution in [2.75, 3.05) is 0 Å². The molecular formula is C19H27N3O2. The van der Waals surface area contributed by atoms with E-state index in [1.54, 1.807) is 0 Å². The van der Waals surface area contributed by atoms with Gasteiger partial charge < -0.3 is 15.5 Å². The van der Waals surface area contributed by atoms with Gasteiger partial charge in [-0.15, -0.1) is 0 Å². The van der Waals surface area contributed by atoms with E-state index < -0.39 is 0 Å². The molecular weight excluding hydrogens is 302 g/mol. The van der Waals surface area contributed by atoms with Crippen molar-refractivity contribution in [1.29, 1.82) is 0 Å². The number of aryl methyl sites for hydroxylation is 1. The minimum atomic E-state index is -0.248. The molecule has 0 saturated carbocycles. The van der Waals surface area contributed by atoms with E-state index in [9.17, 15) is 4.79 Å². The topological polar surface area (TPSA) is 81.1 Å². The summed E-state index contributed by atoms with van der Waals surface area (Å²) in [6.45, 7) is 4.10. The average molecular weight is 329 g/mol. The zero-order valence-corrected chi connectivity index (χ0v) is 14.5. The highest BCUT2D eigenvalue weighted by molar-refractivity contribution is 5.92. The van der Waals surface area contributed by atoms with Crippen LogP contribution in [0, 0.1) is 0 Å². The van der Waals surface area contributed by atoms with E-state index in [0.29, 0.717) is 11.6 Å². The maximum absolute atomic E-state index is 12.2. The maximum atomic E-state index is 12.2. The van der Waals surface area contributed by atoms with Gasteiger partial charge in [-0.1, -0.05) is 50.1 Å². The van der Waals surface area contributed by atoms with Crippen LogP contribution in [-0.4, -0.2) is 16.9 Å². The van der Waals surface area contributed by atoms with Crippen molar-refractivity contribution < 1.29 is 9.21 Å². The summed E-state index contributed by atoms with van der Waals surface area (Å²) in [5.74, 6) is 0.221. The second-order valence-electron chi connectivity index (χ2n) is 6.22. The Kier molecular flexibility index (Phi) is 7.00. The van der Waals surface area contributed by atoms with Crippen molar-refractivity contribution in [3.63, 3.8) is 0 Å². The van der Waals surface area contributed by atoms with Crippen LogP contribution in [0.2, 0.25) is 0 Å². The van der Waals surface area contributed by atoms with Crippen molar-refractivity contribution in [3.05, 3.63) is 53.7 Å². The summed E-state index contributed by atoms with van der Waals surface area (Å²) in [7, 11) is 0. The molecule has 130 valence electrons. The molecule has 3 N–H and O–H groups in total. The molecule has 0 spiro atoms. The Labute approximate surface area is 143 Å². The molecule has 0 fully saturated rings. The highest BCUT2D eigenvalue weighted by Crippen LogP contribution is 2.16. The molecule has 0 aliphatic rings. The lowest BCUT2D eigenvalue weighted by atomic mass is 10.1. The first-order valence-corrected chi connectivity index (χ1v) is 8.66. The quantitative estimate of drug-likeness (QED) is 0.736. The Balaban J connectivity index is 1.82. The molecule has 2 unspecified atom stereocenters. The fourth-order valence-electron chi connectivity index (χ4n) is 2.51. The van der Waals surface area contributed by atoms with E-state index in [1.807, 2.05) is 25.1 Å². The highest BCUT2D eigenvalue weighted by Gasteiger charge is 2.18. The monoisotopic (exact) mass is 329 g/mol. The Morgan fingerprint density at radius 2 is 2.04 bits per heavy atom. The Morgan fingerprint density at radius 1 is 1.29 bits per heavy atom. The van der Waals surface area contributed by atoms with Crippen LogP contribution in [0.3, 0.4) is 0 Å². The van der Waals surface area contributed by atoms with Gasteiger partial charge in [-0.3, -0.25) is 4.79 Å². The van der Waals surface area contributed by atoms with Gasteiger partial charge in [-0.05, 0) is 31.7 Å². The van der Waals surface area contributed by atoms with Gasteiger partial charge in [0.25, 0.3) is 5.91 Å². The molecule has 0 radical (unpaired) electrons. The van der Waals surface area contributed by atoms with Gasteiger partial charge in [0.2, 0.25) is 5.89 Å². The number of carbonyl (C=O) groups excluding carboxylic acids is 1. The molecule has 0 aliphatic carbocycles. The van der Waals surface area contributed by atoms with Crippen LogP contribution < -0.4 is 11.1 Å². The van der Waals surface area contributed by atoms with E-state index in [1.165, 1.54) is 11.8 Å². The van der Waals surface area contributed by atoms with Crippen molar-refractivity contribution in [3.8, 4) is 0 Å². The van der Waals surface area contributed by atoms with Crippen LogP contribution in [0.1, 0.15) is 67.5 Å². The number of nitrogens with two attached hydrogens (primary N) is 1. The Bertz CT molecular complexity index is 625. The molecule has 2 rings (SSSR count). The first kappa shape index (κ1) is 18.2. The molecule has 5 heteroatoms.